The van der Waals surface area contributed by atoms with Gasteiger partial charge in [0.05, 0.1) is 31.0 Å². The summed E-state index contributed by atoms with van der Waals surface area (Å²) in [5.41, 5.74) is 1.48. The maximum Gasteiger partial charge on any atom is 0.341 e. The Bertz CT molecular complexity index is 901. The Kier molecular flexibility index (Phi) is 7.15. The van der Waals surface area contributed by atoms with Crippen LogP contribution in [-0.4, -0.2) is 30.7 Å². The van der Waals surface area contributed by atoms with E-state index >= 15 is 0 Å². The van der Waals surface area contributed by atoms with Crippen LogP contribution in [0.3, 0.4) is 0 Å². The minimum absolute atomic E-state index is 0.274. The lowest BCUT2D eigenvalue weighted by atomic mass is 9.93. The molecule has 1 aromatic carbocycles. The minimum Gasteiger partial charge on any atom is -0.494 e. The molecular formula is C23H29NO5S. The molecule has 0 radical (unpaired) electrons. The van der Waals surface area contributed by atoms with Gasteiger partial charge in [0.2, 0.25) is 0 Å². The molecule has 1 aromatic heterocycles. The molecule has 0 unspecified atom stereocenters. The predicted molar refractivity (Wildman–Crippen MR) is 118 cm³/mol. The van der Waals surface area contributed by atoms with Crippen molar-refractivity contribution in [3.63, 3.8) is 0 Å². The van der Waals surface area contributed by atoms with Crippen molar-refractivity contribution in [2.24, 2.45) is 0 Å². The first kappa shape index (κ1) is 22.3. The molecule has 7 heteroatoms. The van der Waals surface area contributed by atoms with Gasteiger partial charge in [-0.2, -0.15) is 0 Å². The number of benzene rings is 1. The SMILES string of the molecule is CCCCOc1ccc(C(=O)Nc2sc3c(c2C(=O)OCC)CC(C)(C)OC3)cc1. The van der Waals surface area contributed by atoms with Gasteiger partial charge in [0.1, 0.15) is 10.8 Å². The van der Waals surface area contributed by atoms with Crippen molar-refractivity contribution < 1.29 is 23.8 Å². The molecule has 3 rings (SSSR count). The van der Waals surface area contributed by atoms with Gasteiger partial charge < -0.3 is 19.5 Å². The molecular weight excluding hydrogens is 402 g/mol. The number of unbranched alkanes of at least 4 members (excludes halogenated alkanes) is 1. The van der Waals surface area contributed by atoms with Gasteiger partial charge in [0.25, 0.3) is 5.91 Å². The lowest BCUT2D eigenvalue weighted by Gasteiger charge is -2.30. The fraction of sp³-hybridized carbons (Fsp3) is 0.478. The zero-order valence-corrected chi connectivity index (χ0v) is 18.8. The molecule has 0 saturated carbocycles. The number of hydrogen-bond donors (Lipinski definition) is 1. The summed E-state index contributed by atoms with van der Waals surface area (Å²) in [6.45, 7) is 9.21. The molecule has 1 amide bonds. The quantitative estimate of drug-likeness (QED) is 0.459. The van der Waals surface area contributed by atoms with Crippen molar-refractivity contribution in [2.45, 2.75) is 59.2 Å². The smallest absolute Gasteiger partial charge is 0.341 e. The van der Waals surface area contributed by atoms with Crippen LogP contribution in [-0.2, 0) is 22.5 Å². The monoisotopic (exact) mass is 431 g/mol. The number of rotatable bonds is 8. The number of anilines is 1. The van der Waals surface area contributed by atoms with Crippen LogP contribution in [0.15, 0.2) is 24.3 Å². The first-order chi connectivity index (χ1) is 14.3. The van der Waals surface area contributed by atoms with Crippen molar-refractivity contribution in [3.05, 3.63) is 45.8 Å². The number of ether oxygens (including phenoxy) is 3. The van der Waals surface area contributed by atoms with Crippen molar-refractivity contribution in [1.82, 2.24) is 0 Å². The van der Waals surface area contributed by atoms with Crippen molar-refractivity contribution in [3.8, 4) is 5.75 Å². The molecule has 0 spiro atoms. The molecule has 0 atom stereocenters. The van der Waals surface area contributed by atoms with Crippen LogP contribution < -0.4 is 10.1 Å². The van der Waals surface area contributed by atoms with E-state index in [2.05, 4.69) is 12.2 Å². The Morgan fingerprint density at radius 2 is 1.93 bits per heavy atom. The standard InChI is InChI=1S/C23H29NO5S/c1-5-7-12-28-16-10-8-15(9-11-16)20(25)24-21-19(22(26)27-6-2)17-13-23(3,4)29-14-18(17)30-21/h8-11H,5-7,12-14H2,1-4H3,(H,24,25). The average Bonchev–Trinajstić information content (AvgIpc) is 3.04. The number of thiophene rings is 1. The molecule has 1 N–H and O–H groups in total. The van der Waals surface area contributed by atoms with Crippen molar-refractivity contribution >= 4 is 28.2 Å². The molecule has 2 aromatic rings. The van der Waals surface area contributed by atoms with Gasteiger partial charge in [-0.05, 0) is 57.0 Å². The molecule has 2 heterocycles. The Morgan fingerprint density at radius 3 is 2.60 bits per heavy atom. The fourth-order valence-electron chi connectivity index (χ4n) is 3.27. The van der Waals surface area contributed by atoms with E-state index in [1.165, 1.54) is 11.3 Å². The molecule has 30 heavy (non-hydrogen) atoms. The Hall–Kier alpha value is -2.38. The summed E-state index contributed by atoms with van der Waals surface area (Å²) in [5.74, 6) is 0.0419. The van der Waals surface area contributed by atoms with Crippen LogP contribution in [0.5, 0.6) is 5.75 Å². The third-order valence-electron chi connectivity index (χ3n) is 4.88. The Balaban J connectivity index is 1.81. The lowest BCUT2D eigenvalue weighted by Crippen LogP contribution is -2.32. The number of esters is 1. The van der Waals surface area contributed by atoms with E-state index in [1.54, 1.807) is 31.2 Å². The van der Waals surface area contributed by atoms with Crippen molar-refractivity contribution in [1.29, 1.82) is 0 Å². The first-order valence-corrected chi connectivity index (χ1v) is 11.2. The van der Waals surface area contributed by atoms with Crippen LogP contribution in [0.2, 0.25) is 0 Å². The highest BCUT2D eigenvalue weighted by Gasteiger charge is 2.34. The molecule has 162 valence electrons. The fourth-order valence-corrected chi connectivity index (χ4v) is 4.39. The highest BCUT2D eigenvalue weighted by molar-refractivity contribution is 7.17. The summed E-state index contributed by atoms with van der Waals surface area (Å²) in [6.07, 6.45) is 2.64. The number of amides is 1. The molecule has 0 fully saturated rings. The van der Waals surface area contributed by atoms with E-state index in [4.69, 9.17) is 14.2 Å². The minimum atomic E-state index is -0.414. The predicted octanol–water partition coefficient (Wildman–Crippen LogP) is 5.21. The number of nitrogens with one attached hydrogen (secondary N) is 1. The van der Waals surface area contributed by atoms with Crippen LogP contribution in [0, 0.1) is 0 Å². The van der Waals surface area contributed by atoms with Gasteiger partial charge in [0, 0.05) is 16.9 Å². The van der Waals surface area contributed by atoms with Crippen LogP contribution >= 0.6 is 11.3 Å². The van der Waals surface area contributed by atoms with E-state index in [0.29, 0.717) is 35.8 Å². The van der Waals surface area contributed by atoms with Gasteiger partial charge in [-0.3, -0.25) is 4.79 Å². The second kappa shape index (κ2) is 9.62. The van der Waals surface area contributed by atoms with Gasteiger partial charge in [-0.25, -0.2) is 4.79 Å². The zero-order chi connectivity index (χ0) is 21.7. The van der Waals surface area contributed by atoms with Crippen LogP contribution in [0.1, 0.15) is 71.7 Å². The molecule has 0 bridgehead atoms. The topological polar surface area (TPSA) is 73.9 Å². The molecule has 1 aliphatic heterocycles. The summed E-state index contributed by atoms with van der Waals surface area (Å²) in [4.78, 5) is 26.5. The third-order valence-corrected chi connectivity index (χ3v) is 6.00. The maximum absolute atomic E-state index is 12.8. The van der Waals surface area contributed by atoms with E-state index < -0.39 is 5.97 Å². The average molecular weight is 432 g/mol. The number of fused-ring (bicyclic) bond motifs is 1. The summed E-state index contributed by atoms with van der Waals surface area (Å²) < 4.78 is 16.8. The summed E-state index contributed by atoms with van der Waals surface area (Å²) in [7, 11) is 0. The number of carbonyl (C=O) groups is 2. The highest BCUT2D eigenvalue weighted by Crippen LogP contribution is 2.41. The summed E-state index contributed by atoms with van der Waals surface area (Å²) in [6, 6.07) is 7.01. The second-order valence-corrected chi connectivity index (χ2v) is 8.94. The second-order valence-electron chi connectivity index (χ2n) is 7.83. The summed E-state index contributed by atoms with van der Waals surface area (Å²) >= 11 is 1.37. The van der Waals surface area contributed by atoms with E-state index in [9.17, 15) is 9.59 Å². The van der Waals surface area contributed by atoms with E-state index in [1.807, 2.05) is 13.8 Å². The maximum atomic E-state index is 12.8. The number of carbonyl (C=O) groups excluding carboxylic acids is 2. The van der Waals surface area contributed by atoms with E-state index in [-0.39, 0.29) is 18.1 Å². The Labute approximate surface area is 181 Å². The van der Waals surface area contributed by atoms with Gasteiger partial charge in [-0.15, -0.1) is 11.3 Å². The lowest BCUT2D eigenvalue weighted by molar-refractivity contribution is -0.0384. The Morgan fingerprint density at radius 1 is 1.20 bits per heavy atom. The zero-order valence-electron chi connectivity index (χ0n) is 18.0. The van der Waals surface area contributed by atoms with Crippen molar-refractivity contribution in [2.75, 3.05) is 18.5 Å². The van der Waals surface area contributed by atoms with Crippen LogP contribution in [0.25, 0.3) is 0 Å². The van der Waals surface area contributed by atoms with Gasteiger partial charge >= 0.3 is 5.97 Å². The molecule has 6 nitrogen and oxygen atoms in total. The summed E-state index contributed by atoms with van der Waals surface area (Å²) in [5, 5.41) is 3.41. The molecule has 0 saturated heterocycles. The molecule has 1 aliphatic rings. The third kappa shape index (κ3) is 5.21. The first-order valence-electron chi connectivity index (χ1n) is 10.3. The highest BCUT2D eigenvalue weighted by atomic mass is 32.1. The van der Waals surface area contributed by atoms with Crippen LogP contribution in [0.4, 0.5) is 5.00 Å². The number of hydrogen-bond acceptors (Lipinski definition) is 6. The molecule has 0 aliphatic carbocycles. The van der Waals surface area contributed by atoms with E-state index in [0.717, 1.165) is 29.0 Å². The normalized spacial score (nSPS) is 14.7. The van der Waals surface area contributed by atoms with Gasteiger partial charge in [0.15, 0.2) is 0 Å². The largest absolute Gasteiger partial charge is 0.494 e. The van der Waals surface area contributed by atoms with Gasteiger partial charge in [-0.1, -0.05) is 13.3 Å².